The molecule has 0 aromatic carbocycles. The Labute approximate surface area is 57.0 Å². The monoisotopic (exact) mass is 128 g/mol. The topological polar surface area (TPSA) is 29.0 Å². The zero-order valence-electron chi connectivity index (χ0n) is 6.52. The second kappa shape index (κ2) is 1.96. The van der Waals surface area contributed by atoms with Gasteiger partial charge < -0.3 is 5.73 Å². The first-order chi connectivity index (χ1) is 4.05. The highest BCUT2D eigenvalue weighted by molar-refractivity contribution is 4.95. The SMILES string of the molecule is CCC1CN1C(C)(C)N. The van der Waals surface area contributed by atoms with Crippen LogP contribution in [0, 0.1) is 0 Å². The molecule has 1 saturated heterocycles. The molecule has 0 bridgehead atoms. The average Bonchev–Trinajstić information content (AvgIpc) is 2.39. The van der Waals surface area contributed by atoms with E-state index in [0.29, 0.717) is 0 Å². The molecule has 1 aliphatic rings. The van der Waals surface area contributed by atoms with Gasteiger partial charge in [0.1, 0.15) is 0 Å². The summed E-state index contributed by atoms with van der Waals surface area (Å²) in [5, 5.41) is 0. The smallest absolute Gasteiger partial charge is 0.0632 e. The second-order valence-electron chi connectivity index (χ2n) is 3.37. The molecule has 0 spiro atoms. The van der Waals surface area contributed by atoms with Crippen LogP contribution in [-0.2, 0) is 0 Å². The van der Waals surface area contributed by atoms with E-state index in [0.717, 1.165) is 6.04 Å². The number of nitrogens with zero attached hydrogens (tertiary/aromatic N) is 1. The molecule has 1 rings (SSSR count). The lowest BCUT2D eigenvalue weighted by Gasteiger charge is -2.20. The third-order valence-corrected chi connectivity index (χ3v) is 1.93. The molecule has 0 aromatic heterocycles. The molecule has 2 N–H and O–H groups in total. The van der Waals surface area contributed by atoms with Gasteiger partial charge in [-0.15, -0.1) is 0 Å². The molecule has 0 aliphatic carbocycles. The Hall–Kier alpha value is -0.0800. The van der Waals surface area contributed by atoms with E-state index in [1.807, 2.05) is 0 Å². The Bertz CT molecular complexity index is 104. The maximum atomic E-state index is 5.83. The van der Waals surface area contributed by atoms with Crippen LogP contribution in [-0.4, -0.2) is 23.1 Å². The molecule has 0 amide bonds. The van der Waals surface area contributed by atoms with Crippen LogP contribution in [0.25, 0.3) is 0 Å². The minimum atomic E-state index is -0.0827. The van der Waals surface area contributed by atoms with Gasteiger partial charge in [0.25, 0.3) is 0 Å². The first-order valence-corrected chi connectivity index (χ1v) is 3.61. The van der Waals surface area contributed by atoms with Crippen LogP contribution in [0.5, 0.6) is 0 Å². The summed E-state index contributed by atoms with van der Waals surface area (Å²) in [5.41, 5.74) is 5.75. The average molecular weight is 128 g/mol. The van der Waals surface area contributed by atoms with Gasteiger partial charge >= 0.3 is 0 Å². The summed E-state index contributed by atoms with van der Waals surface area (Å²) in [6.45, 7) is 7.52. The van der Waals surface area contributed by atoms with Crippen molar-refractivity contribution in [3.05, 3.63) is 0 Å². The van der Waals surface area contributed by atoms with Crippen LogP contribution in [0.1, 0.15) is 27.2 Å². The third kappa shape index (κ3) is 1.43. The van der Waals surface area contributed by atoms with Crippen molar-refractivity contribution in [2.75, 3.05) is 6.54 Å². The lowest BCUT2D eigenvalue weighted by atomic mass is 10.2. The normalized spacial score (nSPS) is 34.7. The molecule has 54 valence electrons. The molecule has 1 heterocycles. The second-order valence-corrected chi connectivity index (χ2v) is 3.37. The van der Waals surface area contributed by atoms with Crippen molar-refractivity contribution in [2.24, 2.45) is 5.73 Å². The van der Waals surface area contributed by atoms with Crippen LogP contribution < -0.4 is 5.73 Å². The number of nitrogens with two attached hydrogens (primary N) is 1. The van der Waals surface area contributed by atoms with Crippen molar-refractivity contribution >= 4 is 0 Å². The van der Waals surface area contributed by atoms with Crippen molar-refractivity contribution in [2.45, 2.75) is 38.9 Å². The van der Waals surface area contributed by atoms with E-state index in [2.05, 4.69) is 25.7 Å². The quantitative estimate of drug-likeness (QED) is 0.557. The van der Waals surface area contributed by atoms with E-state index in [-0.39, 0.29) is 5.66 Å². The summed E-state index contributed by atoms with van der Waals surface area (Å²) in [4.78, 5) is 2.31. The first-order valence-electron chi connectivity index (χ1n) is 3.61. The van der Waals surface area contributed by atoms with Gasteiger partial charge in [0.15, 0.2) is 0 Å². The molecule has 2 nitrogen and oxygen atoms in total. The lowest BCUT2D eigenvalue weighted by molar-refractivity contribution is 0.267. The Kier molecular flexibility index (Phi) is 1.53. The van der Waals surface area contributed by atoms with Crippen LogP contribution in [0.15, 0.2) is 0 Å². The molecule has 2 unspecified atom stereocenters. The van der Waals surface area contributed by atoms with E-state index in [4.69, 9.17) is 5.73 Å². The molecule has 1 aliphatic heterocycles. The van der Waals surface area contributed by atoms with E-state index in [1.54, 1.807) is 0 Å². The van der Waals surface area contributed by atoms with Crippen molar-refractivity contribution in [3.63, 3.8) is 0 Å². The van der Waals surface area contributed by atoms with Gasteiger partial charge in [0, 0.05) is 12.6 Å². The van der Waals surface area contributed by atoms with Gasteiger partial charge in [-0.25, -0.2) is 0 Å². The summed E-state index contributed by atoms with van der Waals surface area (Å²) in [7, 11) is 0. The zero-order valence-corrected chi connectivity index (χ0v) is 6.52. The van der Waals surface area contributed by atoms with Crippen molar-refractivity contribution in [3.8, 4) is 0 Å². The van der Waals surface area contributed by atoms with Gasteiger partial charge in [0.2, 0.25) is 0 Å². The summed E-state index contributed by atoms with van der Waals surface area (Å²) in [6, 6.07) is 0.769. The van der Waals surface area contributed by atoms with Crippen LogP contribution in [0.2, 0.25) is 0 Å². The minimum Gasteiger partial charge on any atom is -0.314 e. The lowest BCUT2D eigenvalue weighted by Crippen LogP contribution is -2.41. The Morgan fingerprint density at radius 2 is 2.22 bits per heavy atom. The largest absolute Gasteiger partial charge is 0.314 e. The van der Waals surface area contributed by atoms with Crippen LogP contribution >= 0.6 is 0 Å². The molecule has 0 radical (unpaired) electrons. The molecular formula is C7H16N2. The summed E-state index contributed by atoms with van der Waals surface area (Å²) in [6.07, 6.45) is 1.24. The summed E-state index contributed by atoms with van der Waals surface area (Å²) < 4.78 is 0. The van der Waals surface area contributed by atoms with E-state index >= 15 is 0 Å². The molecule has 1 fully saturated rings. The highest BCUT2D eigenvalue weighted by Crippen LogP contribution is 2.27. The van der Waals surface area contributed by atoms with Gasteiger partial charge in [0.05, 0.1) is 5.66 Å². The van der Waals surface area contributed by atoms with Crippen LogP contribution in [0.3, 0.4) is 0 Å². The first kappa shape index (κ1) is 7.03. The molecule has 9 heavy (non-hydrogen) atoms. The van der Waals surface area contributed by atoms with Crippen LogP contribution in [0.4, 0.5) is 0 Å². The Morgan fingerprint density at radius 3 is 2.33 bits per heavy atom. The third-order valence-electron chi connectivity index (χ3n) is 1.93. The van der Waals surface area contributed by atoms with E-state index < -0.39 is 0 Å². The Balaban J connectivity index is 2.33. The Morgan fingerprint density at radius 1 is 1.67 bits per heavy atom. The molecule has 0 saturated carbocycles. The van der Waals surface area contributed by atoms with Crippen molar-refractivity contribution in [1.82, 2.24) is 4.90 Å². The van der Waals surface area contributed by atoms with Crippen molar-refractivity contribution in [1.29, 1.82) is 0 Å². The van der Waals surface area contributed by atoms with Gasteiger partial charge in [-0.1, -0.05) is 6.92 Å². The highest BCUT2D eigenvalue weighted by Gasteiger charge is 2.40. The van der Waals surface area contributed by atoms with Gasteiger partial charge in [-0.3, -0.25) is 4.90 Å². The number of rotatable bonds is 2. The predicted octanol–water partition coefficient (Wildman–Crippen LogP) is 0.775. The molecule has 0 aromatic rings. The summed E-state index contributed by atoms with van der Waals surface area (Å²) in [5.74, 6) is 0. The fourth-order valence-corrected chi connectivity index (χ4v) is 1.24. The maximum absolute atomic E-state index is 5.83. The fourth-order valence-electron chi connectivity index (χ4n) is 1.24. The predicted molar refractivity (Wildman–Crippen MR) is 39.1 cm³/mol. The van der Waals surface area contributed by atoms with E-state index in [9.17, 15) is 0 Å². The van der Waals surface area contributed by atoms with E-state index in [1.165, 1.54) is 13.0 Å². The number of hydrogen-bond donors (Lipinski definition) is 1. The minimum absolute atomic E-state index is 0.0827. The summed E-state index contributed by atoms with van der Waals surface area (Å²) >= 11 is 0. The molecular weight excluding hydrogens is 112 g/mol. The molecule has 2 atom stereocenters. The van der Waals surface area contributed by atoms with Gasteiger partial charge in [-0.2, -0.15) is 0 Å². The number of hydrogen-bond acceptors (Lipinski definition) is 2. The highest BCUT2D eigenvalue weighted by atomic mass is 15.4. The maximum Gasteiger partial charge on any atom is 0.0632 e. The molecule has 2 heteroatoms. The standard InChI is InChI=1S/C7H16N2/c1-4-6-5-9(6)7(2,3)8/h6H,4-5,8H2,1-3H3. The van der Waals surface area contributed by atoms with Crippen molar-refractivity contribution < 1.29 is 0 Å². The zero-order chi connectivity index (χ0) is 7.07. The fraction of sp³-hybridized carbons (Fsp3) is 1.00. The van der Waals surface area contributed by atoms with Gasteiger partial charge in [-0.05, 0) is 20.3 Å².